The zero-order chi connectivity index (χ0) is 15.2. The van der Waals surface area contributed by atoms with E-state index in [0.29, 0.717) is 6.54 Å². The molecule has 0 unspecified atom stereocenters. The van der Waals surface area contributed by atoms with E-state index in [0.717, 1.165) is 28.9 Å². The van der Waals surface area contributed by atoms with Crippen molar-refractivity contribution < 1.29 is 9.13 Å². The Kier molecular flexibility index (Phi) is 4.91. The predicted octanol–water partition coefficient (Wildman–Crippen LogP) is 3.09. The molecule has 2 N–H and O–H groups in total. The molecule has 0 amide bonds. The van der Waals surface area contributed by atoms with Gasteiger partial charge in [0.15, 0.2) is 0 Å². The van der Waals surface area contributed by atoms with E-state index in [9.17, 15) is 4.39 Å². The van der Waals surface area contributed by atoms with Crippen molar-refractivity contribution in [2.75, 3.05) is 6.54 Å². The molecule has 0 spiro atoms. The summed E-state index contributed by atoms with van der Waals surface area (Å²) in [7, 11) is 0. The first kappa shape index (κ1) is 15.0. The lowest BCUT2D eigenvalue weighted by Gasteiger charge is -2.14. The van der Waals surface area contributed by atoms with Gasteiger partial charge in [0.1, 0.15) is 24.2 Å². The fraction of sp³-hybridized carbons (Fsp3) is 0.235. The maximum atomic E-state index is 13.3. The summed E-state index contributed by atoms with van der Waals surface area (Å²) >= 11 is 0. The minimum absolute atomic E-state index is 0.0306. The Morgan fingerprint density at radius 2 is 2.10 bits per heavy atom. The topological polar surface area (TPSA) is 59.0 Å². The predicted molar refractivity (Wildman–Crippen MR) is 79.4 cm³/mol. The van der Waals surface area contributed by atoms with Gasteiger partial charge in [-0.25, -0.2) is 4.39 Å². The Bertz CT molecular complexity index is 677. The molecule has 0 heterocycles. The highest BCUT2D eigenvalue weighted by Gasteiger charge is 2.08. The number of para-hydroxylation sites is 1. The zero-order valence-corrected chi connectivity index (χ0v) is 11.9. The van der Waals surface area contributed by atoms with E-state index in [4.69, 9.17) is 15.7 Å². The Morgan fingerprint density at radius 3 is 2.81 bits per heavy atom. The van der Waals surface area contributed by atoms with E-state index < -0.39 is 5.82 Å². The summed E-state index contributed by atoms with van der Waals surface area (Å²) in [6.45, 7) is 2.81. The van der Waals surface area contributed by atoms with Crippen LogP contribution < -0.4 is 10.5 Å². The fourth-order valence-electron chi connectivity index (χ4n) is 2.18. The van der Waals surface area contributed by atoms with E-state index in [1.165, 1.54) is 12.1 Å². The molecule has 108 valence electrons. The van der Waals surface area contributed by atoms with Crippen LogP contribution in [0, 0.1) is 24.1 Å². The number of hydrogen-bond donors (Lipinski definition) is 1. The van der Waals surface area contributed by atoms with Crippen LogP contribution in [0.25, 0.3) is 0 Å². The van der Waals surface area contributed by atoms with Crippen molar-refractivity contribution in [2.45, 2.75) is 20.0 Å². The Balaban J connectivity index is 2.19. The molecule has 0 atom stereocenters. The molecule has 0 aliphatic carbocycles. The van der Waals surface area contributed by atoms with Crippen LogP contribution in [0.5, 0.6) is 5.75 Å². The fourth-order valence-corrected chi connectivity index (χ4v) is 2.18. The van der Waals surface area contributed by atoms with Gasteiger partial charge in [0.2, 0.25) is 0 Å². The van der Waals surface area contributed by atoms with Crippen molar-refractivity contribution in [3.8, 4) is 11.8 Å². The van der Waals surface area contributed by atoms with Gasteiger partial charge in [-0.1, -0.05) is 24.3 Å². The number of nitrogens with two attached hydrogens (primary N) is 1. The van der Waals surface area contributed by atoms with Crippen molar-refractivity contribution in [2.24, 2.45) is 5.73 Å². The highest BCUT2D eigenvalue weighted by atomic mass is 19.1. The Hall–Kier alpha value is -2.38. The van der Waals surface area contributed by atoms with Gasteiger partial charge >= 0.3 is 0 Å². The average molecular weight is 284 g/mol. The number of nitriles is 1. The lowest BCUT2D eigenvalue weighted by molar-refractivity contribution is 0.300. The third kappa shape index (κ3) is 3.59. The number of halogens is 1. The van der Waals surface area contributed by atoms with Crippen LogP contribution in [-0.4, -0.2) is 6.54 Å². The molecule has 0 aliphatic rings. The minimum atomic E-state index is -0.513. The van der Waals surface area contributed by atoms with Gasteiger partial charge < -0.3 is 10.5 Å². The lowest BCUT2D eigenvalue weighted by atomic mass is 10.1. The van der Waals surface area contributed by atoms with Gasteiger partial charge in [0, 0.05) is 0 Å². The standard InChI is InChI=1S/C17H17FN2O/c1-12-3-2-4-14(7-8-19)17(12)21-11-13-5-6-16(18)15(9-13)10-20/h2-6,9H,7-8,11,19H2,1H3. The molecule has 0 aromatic heterocycles. The van der Waals surface area contributed by atoms with Crippen LogP contribution in [0.1, 0.15) is 22.3 Å². The minimum Gasteiger partial charge on any atom is -0.488 e. The average Bonchev–Trinajstić information content (AvgIpc) is 2.48. The molecule has 2 aromatic rings. The Morgan fingerprint density at radius 1 is 1.29 bits per heavy atom. The number of rotatable bonds is 5. The zero-order valence-electron chi connectivity index (χ0n) is 11.9. The molecule has 3 nitrogen and oxygen atoms in total. The second-order valence-corrected chi connectivity index (χ2v) is 4.82. The molecule has 0 saturated heterocycles. The molecule has 21 heavy (non-hydrogen) atoms. The monoisotopic (exact) mass is 284 g/mol. The van der Waals surface area contributed by atoms with E-state index >= 15 is 0 Å². The summed E-state index contributed by atoms with van der Waals surface area (Å²) in [5.41, 5.74) is 8.48. The highest BCUT2D eigenvalue weighted by Crippen LogP contribution is 2.25. The molecule has 0 radical (unpaired) electrons. The summed E-state index contributed by atoms with van der Waals surface area (Å²) in [5.74, 6) is 0.298. The molecule has 0 bridgehead atoms. The normalized spacial score (nSPS) is 10.2. The van der Waals surface area contributed by atoms with Crippen LogP contribution in [-0.2, 0) is 13.0 Å². The number of benzene rings is 2. The third-order valence-electron chi connectivity index (χ3n) is 3.24. The van der Waals surface area contributed by atoms with Crippen LogP contribution >= 0.6 is 0 Å². The summed E-state index contributed by atoms with van der Waals surface area (Å²) in [6, 6.07) is 12.2. The summed E-state index contributed by atoms with van der Waals surface area (Å²) in [5, 5.41) is 8.84. The molecule has 4 heteroatoms. The largest absolute Gasteiger partial charge is 0.488 e. The maximum absolute atomic E-state index is 13.3. The maximum Gasteiger partial charge on any atom is 0.140 e. The summed E-state index contributed by atoms with van der Waals surface area (Å²) in [6.07, 6.45) is 0.740. The molecule has 0 saturated carbocycles. The second-order valence-electron chi connectivity index (χ2n) is 4.82. The third-order valence-corrected chi connectivity index (χ3v) is 3.24. The van der Waals surface area contributed by atoms with Crippen LogP contribution in [0.15, 0.2) is 36.4 Å². The number of ether oxygens (including phenoxy) is 1. The van der Waals surface area contributed by atoms with Crippen molar-refractivity contribution in [3.05, 3.63) is 64.5 Å². The number of aryl methyl sites for hydroxylation is 1. The highest BCUT2D eigenvalue weighted by molar-refractivity contribution is 5.41. The van der Waals surface area contributed by atoms with Crippen LogP contribution in [0.2, 0.25) is 0 Å². The van der Waals surface area contributed by atoms with Crippen molar-refractivity contribution in [1.82, 2.24) is 0 Å². The van der Waals surface area contributed by atoms with Gasteiger partial charge in [-0.2, -0.15) is 5.26 Å². The van der Waals surface area contributed by atoms with Crippen molar-refractivity contribution in [3.63, 3.8) is 0 Å². The van der Waals surface area contributed by atoms with E-state index in [1.54, 1.807) is 6.07 Å². The van der Waals surface area contributed by atoms with E-state index in [1.807, 2.05) is 31.2 Å². The molecule has 0 aliphatic heterocycles. The van der Waals surface area contributed by atoms with Gasteiger partial charge in [-0.05, 0) is 48.7 Å². The first-order valence-electron chi connectivity index (χ1n) is 6.75. The summed E-state index contributed by atoms with van der Waals surface area (Å²) in [4.78, 5) is 0. The van der Waals surface area contributed by atoms with E-state index in [-0.39, 0.29) is 12.2 Å². The molecule has 2 rings (SSSR count). The Labute approximate surface area is 123 Å². The molecular weight excluding hydrogens is 267 g/mol. The van der Waals surface area contributed by atoms with Crippen molar-refractivity contribution in [1.29, 1.82) is 5.26 Å². The van der Waals surface area contributed by atoms with Gasteiger partial charge in [-0.3, -0.25) is 0 Å². The van der Waals surface area contributed by atoms with Gasteiger partial charge in [0.05, 0.1) is 5.56 Å². The van der Waals surface area contributed by atoms with Crippen molar-refractivity contribution >= 4 is 0 Å². The van der Waals surface area contributed by atoms with Crippen LogP contribution in [0.4, 0.5) is 4.39 Å². The lowest BCUT2D eigenvalue weighted by Crippen LogP contribution is -2.06. The smallest absolute Gasteiger partial charge is 0.140 e. The first-order chi connectivity index (χ1) is 10.2. The van der Waals surface area contributed by atoms with Crippen LogP contribution in [0.3, 0.4) is 0 Å². The number of hydrogen-bond acceptors (Lipinski definition) is 3. The SMILES string of the molecule is Cc1cccc(CCN)c1OCc1ccc(F)c(C#N)c1. The number of nitrogens with zero attached hydrogens (tertiary/aromatic N) is 1. The van der Waals surface area contributed by atoms with Gasteiger partial charge in [0.25, 0.3) is 0 Å². The molecule has 2 aromatic carbocycles. The quantitative estimate of drug-likeness (QED) is 0.917. The molecular formula is C17H17FN2O. The van der Waals surface area contributed by atoms with Gasteiger partial charge in [-0.15, -0.1) is 0 Å². The molecule has 0 fully saturated rings. The van der Waals surface area contributed by atoms with E-state index in [2.05, 4.69) is 0 Å². The second kappa shape index (κ2) is 6.87. The first-order valence-corrected chi connectivity index (χ1v) is 6.75. The summed E-state index contributed by atoms with van der Waals surface area (Å²) < 4.78 is 19.1.